The van der Waals surface area contributed by atoms with Gasteiger partial charge in [0.25, 0.3) is 0 Å². The number of hydrogen-bond acceptors (Lipinski definition) is 2. The molecule has 0 atom stereocenters. The van der Waals surface area contributed by atoms with E-state index in [1.807, 2.05) is 47.4 Å². The van der Waals surface area contributed by atoms with Crippen LogP contribution < -0.4 is 10.2 Å². The first-order valence-electron chi connectivity index (χ1n) is 7.64. The Balaban J connectivity index is 1.79. The highest BCUT2D eigenvalue weighted by Crippen LogP contribution is 2.26. The third-order valence-electron chi connectivity index (χ3n) is 3.99. The number of hydrogen-bond donors (Lipinski definition) is 2. The van der Waals surface area contributed by atoms with E-state index in [4.69, 9.17) is 5.11 Å². The molecular formula is C18H20N2O2. The summed E-state index contributed by atoms with van der Waals surface area (Å²) in [6, 6.07) is 15.2. The minimum Gasteiger partial charge on any atom is -0.392 e. The lowest BCUT2D eigenvalue weighted by atomic mass is 10.1. The van der Waals surface area contributed by atoms with Crippen LogP contribution in [0.3, 0.4) is 0 Å². The Labute approximate surface area is 130 Å². The average molecular weight is 296 g/mol. The van der Waals surface area contributed by atoms with Crippen molar-refractivity contribution in [2.45, 2.75) is 25.9 Å². The SMILES string of the molecule is O=C(Nc1ccc(CO)cc1)N1CCCCc2ccccc21. The number of anilines is 2. The van der Waals surface area contributed by atoms with E-state index in [0.717, 1.165) is 42.7 Å². The fourth-order valence-electron chi connectivity index (χ4n) is 2.79. The second-order valence-corrected chi connectivity index (χ2v) is 5.52. The average Bonchev–Trinajstić information content (AvgIpc) is 2.78. The molecule has 22 heavy (non-hydrogen) atoms. The molecule has 114 valence electrons. The van der Waals surface area contributed by atoms with E-state index >= 15 is 0 Å². The van der Waals surface area contributed by atoms with Crippen molar-refractivity contribution in [2.24, 2.45) is 0 Å². The molecule has 0 aromatic heterocycles. The van der Waals surface area contributed by atoms with Gasteiger partial charge in [0.2, 0.25) is 0 Å². The number of amides is 2. The van der Waals surface area contributed by atoms with Crippen molar-refractivity contribution in [3.05, 3.63) is 59.7 Å². The summed E-state index contributed by atoms with van der Waals surface area (Å²) in [6.07, 6.45) is 3.13. The van der Waals surface area contributed by atoms with Crippen LogP contribution >= 0.6 is 0 Å². The van der Waals surface area contributed by atoms with Gasteiger partial charge >= 0.3 is 6.03 Å². The van der Waals surface area contributed by atoms with Crippen molar-refractivity contribution in [3.63, 3.8) is 0 Å². The van der Waals surface area contributed by atoms with Gasteiger partial charge in [-0.25, -0.2) is 4.79 Å². The number of aryl methyl sites for hydroxylation is 1. The monoisotopic (exact) mass is 296 g/mol. The normalized spacial score (nSPS) is 14.1. The van der Waals surface area contributed by atoms with Crippen molar-refractivity contribution in [1.29, 1.82) is 0 Å². The van der Waals surface area contributed by atoms with Crippen LogP contribution in [0.4, 0.5) is 16.2 Å². The maximum atomic E-state index is 12.6. The molecule has 2 N–H and O–H groups in total. The van der Waals surface area contributed by atoms with Gasteiger partial charge in [-0.2, -0.15) is 0 Å². The highest BCUT2D eigenvalue weighted by Gasteiger charge is 2.20. The van der Waals surface area contributed by atoms with Crippen LogP contribution in [0.25, 0.3) is 0 Å². The van der Waals surface area contributed by atoms with E-state index < -0.39 is 0 Å². The molecule has 0 bridgehead atoms. The maximum Gasteiger partial charge on any atom is 0.326 e. The molecule has 0 fully saturated rings. The van der Waals surface area contributed by atoms with Gasteiger partial charge < -0.3 is 10.4 Å². The van der Waals surface area contributed by atoms with Gasteiger partial charge in [0.05, 0.1) is 6.61 Å². The zero-order valence-corrected chi connectivity index (χ0v) is 12.5. The Morgan fingerprint density at radius 3 is 2.64 bits per heavy atom. The molecule has 0 radical (unpaired) electrons. The molecule has 2 aromatic carbocycles. The number of rotatable bonds is 2. The molecule has 0 spiro atoms. The van der Waals surface area contributed by atoms with Crippen molar-refractivity contribution in [2.75, 3.05) is 16.8 Å². The summed E-state index contributed by atoms with van der Waals surface area (Å²) in [5.41, 5.74) is 3.80. The first-order valence-corrected chi connectivity index (χ1v) is 7.64. The van der Waals surface area contributed by atoms with E-state index in [9.17, 15) is 4.79 Å². The fourth-order valence-corrected chi connectivity index (χ4v) is 2.79. The van der Waals surface area contributed by atoms with Gasteiger partial charge in [0.1, 0.15) is 0 Å². The predicted octanol–water partition coefficient (Wildman–Crippen LogP) is 3.55. The van der Waals surface area contributed by atoms with Gasteiger partial charge in [-0.3, -0.25) is 4.90 Å². The molecule has 1 aliphatic heterocycles. The van der Waals surface area contributed by atoms with E-state index in [1.165, 1.54) is 5.56 Å². The number of aliphatic hydroxyl groups is 1. The standard InChI is InChI=1S/C18H20N2O2/c21-13-14-8-10-16(11-9-14)19-18(22)20-12-4-3-6-15-5-1-2-7-17(15)20/h1-2,5,7-11,21H,3-4,6,12-13H2,(H,19,22). The summed E-state index contributed by atoms with van der Waals surface area (Å²) < 4.78 is 0. The molecule has 0 saturated carbocycles. The second-order valence-electron chi connectivity index (χ2n) is 5.52. The molecule has 4 nitrogen and oxygen atoms in total. The predicted molar refractivity (Wildman–Crippen MR) is 88.1 cm³/mol. The van der Waals surface area contributed by atoms with Crippen molar-refractivity contribution in [3.8, 4) is 0 Å². The maximum absolute atomic E-state index is 12.6. The minimum absolute atomic E-state index is 0.00767. The van der Waals surface area contributed by atoms with Crippen LogP contribution in [0.5, 0.6) is 0 Å². The Morgan fingerprint density at radius 2 is 1.86 bits per heavy atom. The molecule has 1 aliphatic rings. The minimum atomic E-state index is -0.105. The van der Waals surface area contributed by atoms with Crippen LogP contribution in [0.2, 0.25) is 0 Å². The Bertz CT molecular complexity index is 652. The smallest absolute Gasteiger partial charge is 0.326 e. The Hall–Kier alpha value is -2.33. The van der Waals surface area contributed by atoms with Crippen LogP contribution in [0.1, 0.15) is 24.0 Å². The molecule has 0 unspecified atom stereocenters. The summed E-state index contributed by atoms with van der Waals surface area (Å²) in [4.78, 5) is 14.4. The molecule has 3 rings (SSSR count). The first-order chi connectivity index (χ1) is 10.8. The molecule has 1 heterocycles. The third kappa shape index (κ3) is 3.12. The Morgan fingerprint density at radius 1 is 1.09 bits per heavy atom. The largest absolute Gasteiger partial charge is 0.392 e. The number of aliphatic hydroxyl groups excluding tert-OH is 1. The summed E-state index contributed by atoms with van der Waals surface area (Å²) in [5.74, 6) is 0. The van der Waals surface area contributed by atoms with Gasteiger partial charge in [-0.05, 0) is 48.6 Å². The van der Waals surface area contributed by atoms with Crippen LogP contribution in [0.15, 0.2) is 48.5 Å². The van der Waals surface area contributed by atoms with E-state index in [-0.39, 0.29) is 12.6 Å². The number of fused-ring (bicyclic) bond motifs is 1. The van der Waals surface area contributed by atoms with Crippen LogP contribution in [0, 0.1) is 0 Å². The van der Waals surface area contributed by atoms with Crippen molar-refractivity contribution >= 4 is 17.4 Å². The van der Waals surface area contributed by atoms with E-state index in [0.29, 0.717) is 0 Å². The molecule has 0 aliphatic carbocycles. The quantitative estimate of drug-likeness (QED) is 0.890. The second kappa shape index (κ2) is 6.62. The highest BCUT2D eigenvalue weighted by atomic mass is 16.3. The molecule has 2 amide bonds. The number of para-hydroxylation sites is 1. The summed E-state index contributed by atoms with van der Waals surface area (Å²) >= 11 is 0. The van der Waals surface area contributed by atoms with E-state index in [2.05, 4.69) is 11.4 Å². The van der Waals surface area contributed by atoms with Gasteiger partial charge in [0.15, 0.2) is 0 Å². The molecular weight excluding hydrogens is 276 g/mol. The van der Waals surface area contributed by atoms with Crippen molar-refractivity contribution in [1.82, 2.24) is 0 Å². The molecule has 0 saturated heterocycles. The number of carbonyl (C=O) groups excluding carboxylic acids is 1. The molecule has 2 aromatic rings. The van der Waals surface area contributed by atoms with Gasteiger partial charge in [-0.1, -0.05) is 30.3 Å². The number of carbonyl (C=O) groups is 1. The zero-order chi connectivity index (χ0) is 15.4. The lowest BCUT2D eigenvalue weighted by Crippen LogP contribution is -2.35. The topological polar surface area (TPSA) is 52.6 Å². The zero-order valence-electron chi connectivity index (χ0n) is 12.5. The summed E-state index contributed by atoms with van der Waals surface area (Å²) in [6.45, 7) is 0.741. The molecule has 4 heteroatoms. The highest BCUT2D eigenvalue weighted by molar-refractivity contribution is 6.02. The lowest BCUT2D eigenvalue weighted by Gasteiger charge is -2.23. The first kappa shape index (κ1) is 14.6. The Kier molecular flexibility index (Phi) is 4.39. The van der Waals surface area contributed by atoms with E-state index in [1.54, 1.807) is 0 Å². The number of benzene rings is 2. The summed E-state index contributed by atoms with van der Waals surface area (Å²) in [5, 5.41) is 12.0. The van der Waals surface area contributed by atoms with Gasteiger partial charge in [0, 0.05) is 17.9 Å². The summed E-state index contributed by atoms with van der Waals surface area (Å²) in [7, 11) is 0. The lowest BCUT2D eigenvalue weighted by molar-refractivity contribution is 0.257. The van der Waals surface area contributed by atoms with Crippen LogP contribution in [-0.2, 0) is 13.0 Å². The number of nitrogens with zero attached hydrogens (tertiary/aromatic N) is 1. The van der Waals surface area contributed by atoms with Crippen molar-refractivity contribution < 1.29 is 9.90 Å². The number of urea groups is 1. The fraction of sp³-hybridized carbons (Fsp3) is 0.278. The third-order valence-corrected chi connectivity index (χ3v) is 3.99. The van der Waals surface area contributed by atoms with Crippen LogP contribution in [-0.4, -0.2) is 17.7 Å². The number of nitrogens with one attached hydrogen (secondary N) is 1. The van der Waals surface area contributed by atoms with Gasteiger partial charge in [-0.15, -0.1) is 0 Å².